The lowest BCUT2D eigenvalue weighted by Crippen LogP contribution is -2.41. The highest BCUT2D eigenvalue weighted by Gasteiger charge is 2.27. The number of sulfonamides is 1. The van der Waals surface area contributed by atoms with Gasteiger partial charge in [-0.3, -0.25) is 4.90 Å². The summed E-state index contributed by atoms with van der Waals surface area (Å²) < 4.78 is 35.1. The topological polar surface area (TPSA) is 54.8 Å². The van der Waals surface area contributed by atoms with Crippen LogP contribution in [0.2, 0.25) is 0 Å². The van der Waals surface area contributed by atoms with Crippen molar-refractivity contribution >= 4 is 22.2 Å². The van der Waals surface area contributed by atoms with Crippen LogP contribution in [0, 0.1) is 4.64 Å². The molecule has 0 aliphatic carbocycles. The lowest BCUT2D eigenvalue weighted by Gasteiger charge is -2.35. The van der Waals surface area contributed by atoms with E-state index in [2.05, 4.69) is 11.8 Å². The van der Waals surface area contributed by atoms with Gasteiger partial charge in [-0.1, -0.05) is 25.6 Å². The van der Waals surface area contributed by atoms with Gasteiger partial charge >= 0.3 is 0 Å². The van der Waals surface area contributed by atoms with Gasteiger partial charge in [0.25, 0.3) is 0 Å². The van der Waals surface area contributed by atoms with Crippen LogP contribution in [-0.4, -0.2) is 61.1 Å². The Morgan fingerprint density at radius 2 is 1.96 bits per heavy atom. The summed E-state index contributed by atoms with van der Waals surface area (Å²) in [5, 5.41) is 0. The highest BCUT2D eigenvalue weighted by Crippen LogP contribution is 2.22. The predicted molar refractivity (Wildman–Crippen MR) is 99.5 cm³/mol. The third kappa shape index (κ3) is 4.31. The molecule has 0 saturated carbocycles. The number of aromatic nitrogens is 1. The van der Waals surface area contributed by atoms with E-state index in [1.54, 1.807) is 18.3 Å². The Labute approximate surface area is 155 Å². The first-order valence-corrected chi connectivity index (χ1v) is 10.9. The number of ether oxygens (including phenoxy) is 1. The Kier molecular flexibility index (Phi) is 6.27. The smallest absolute Gasteiger partial charge is 0.244 e. The first-order chi connectivity index (χ1) is 12.0. The summed E-state index contributed by atoms with van der Waals surface area (Å²) in [4.78, 5) is 2.73. The maximum Gasteiger partial charge on any atom is 0.244 e. The highest BCUT2D eigenvalue weighted by molar-refractivity contribution is 7.89. The van der Waals surface area contributed by atoms with E-state index in [1.165, 1.54) is 23.6 Å². The molecule has 1 aromatic heterocycles. The fourth-order valence-electron chi connectivity index (χ4n) is 3.61. The van der Waals surface area contributed by atoms with E-state index >= 15 is 0 Å². The van der Waals surface area contributed by atoms with Gasteiger partial charge in [-0.2, -0.15) is 4.31 Å². The van der Waals surface area contributed by atoms with Crippen LogP contribution in [0.1, 0.15) is 32.6 Å². The summed E-state index contributed by atoms with van der Waals surface area (Å²) in [7, 11) is -3.49. The number of hydrogen-bond donors (Lipinski definition) is 0. The van der Waals surface area contributed by atoms with Crippen LogP contribution in [-0.2, 0) is 21.4 Å². The third-order valence-corrected chi connectivity index (χ3v) is 7.37. The zero-order chi connectivity index (χ0) is 17.9. The van der Waals surface area contributed by atoms with Gasteiger partial charge in [0.05, 0.1) is 24.8 Å². The second-order valence-corrected chi connectivity index (χ2v) is 9.06. The van der Waals surface area contributed by atoms with E-state index in [-0.39, 0.29) is 0 Å². The van der Waals surface area contributed by atoms with Crippen molar-refractivity contribution in [3.63, 3.8) is 0 Å². The molecule has 8 heteroatoms. The number of likely N-dealkylation sites (tertiary alicyclic amines) is 1. The summed E-state index contributed by atoms with van der Waals surface area (Å²) in [5.74, 6) is 0. The molecule has 3 rings (SSSR count). The summed E-state index contributed by atoms with van der Waals surface area (Å²) >= 11 is 5.44. The van der Waals surface area contributed by atoms with Crippen molar-refractivity contribution in [1.29, 1.82) is 0 Å². The van der Waals surface area contributed by atoms with Gasteiger partial charge < -0.3 is 9.30 Å². The molecule has 6 nitrogen and oxygen atoms in total. The highest BCUT2D eigenvalue weighted by atomic mass is 32.2. The molecule has 2 saturated heterocycles. The van der Waals surface area contributed by atoms with Crippen molar-refractivity contribution in [2.75, 3.05) is 32.8 Å². The standard InChI is InChI=1S/C17H27N3O3S2/c1-2-15-5-3-4-8-18(15)14-19-13-16(6-7-17(19)24)25(21,22)20-9-11-23-12-10-20/h6-7,13,15H,2-5,8-12,14H2,1H3/t15-/m0/s1. The van der Waals surface area contributed by atoms with Gasteiger partial charge in [0.2, 0.25) is 10.0 Å². The number of pyridine rings is 1. The molecule has 1 aromatic rings. The van der Waals surface area contributed by atoms with E-state index in [0.717, 1.165) is 13.0 Å². The molecule has 3 heterocycles. The van der Waals surface area contributed by atoms with Crippen molar-refractivity contribution in [1.82, 2.24) is 13.8 Å². The van der Waals surface area contributed by atoms with Crippen LogP contribution >= 0.6 is 12.2 Å². The van der Waals surface area contributed by atoms with E-state index in [0.29, 0.717) is 48.5 Å². The molecule has 140 valence electrons. The summed E-state index contributed by atoms with van der Waals surface area (Å²) in [5.41, 5.74) is 0. The SMILES string of the molecule is CC[C@H]1CCCCN1Cn1cc(S(=O)(=O)N2CCOCC2)ccc1=S. The number of rotatable bonds is 5. The van der Waals surface area contributed by atoms with Crippen molar-refractivity contribution in [3.8, 4) is 0 Å². The zero-order valence-electron chi connectivity index (χ0n) is 14.8. The minimum atomic E-state index is -3.49. The monoisotopic (exact) mass is 385 g/mol. The first-order valence-electron chi connectivity index (χ1n) is 9.05. The van der Waals surface area contributed by atoms with Crippen LogP contribution in [0.5, 0.6) is 0 Å². The van der Waals surface area contributed by atoms with Gasteiger partial charge in [0, 0.05) is 31.9 Å². The second-order valence-electron chi connectivity index (χ2n) is 6.70. The van der Waals surface area contributed by atoms with Gasteiger partial charge in [0.15, 0.2) is 0 Å². The average molecular weight is 386 g/mol. The third-order valence-electron chi connectivity index (χ3n) is 5.12. The van der Waals surface area contributed by atoms with Crippen molar-refractivity contribution in [2.24, 2.45) is 0 Å². The molecule has 2 aliphatic rings. The number of morpholine rings is 1. The molecule has 0 radical (unpaired) electrons. The van der Waals surface area contributed by atoms with Crippen molar-refractivity contribution < 1.29 is 13.2 Å². The van der Waals surface area contributed by atoms with Crippen molar-refractivity contribution in [2.45, 2.75) is 50.2 Å². The molecule has 2 aliphatic heterocycles. The molecule has 1 atom stereocenters. The average Bonchev–Trinajstić information content (AvgIpc) is 2.64. The number of nitrogens with zero attached hydrogens (tertiary/aromatic N) is 3. The predicted octanol–water partition coefficient (Wildman–Crippen LogP) is 2.46. The lowest BCUT2D eigenvalue weighted by molar-refractivity contribution is 0.0730. The van der Waals surface area contributed by atoms with E-state index in [9.17, 15) is 8.42 Å². The van der Waals surface area contributed by atoms with Crippen molar-refractivity contribution in [3.05, 3.63) is 23.0 Å². The molecule has 2 fully saturated rings. The molecular weight excluding hydrogens is 358 g/mol. The summed E-state index contributed by atoms with van der Waals surface area (Å²) in [6, 6.07) is 3.90. The maximum atomic E-state index is 12.9. The first kappa shape index (κ1) is 19.0. The van der Waals surface area contributed by atoms with E-state index in [1.807, 2.05) is 4.57 Å². The Hall–Kier alpha value is -0.800. The van der Waals surface area contributed by atoms with Gasteiger partial charge in [-0.25, -0.2) is 8.42 Å². The Morgan fingerprint density at radius 3 is 2.68 bits per heavy atom. The number of piperidine rings is 1. The number of hydrogen-bond acceptors (Lipinski definition) is 5. The van der Waals surface area contributed by atoms with Crippen LogP contribution in [0.4, 0.5) is 0 Å². The van der Waals surface area contributed by atoms with Crippen LogP contribution < -0.4 is 0 Å². The molecule has 0 N–H and O–H groups in total. The summed E-state index contributed by atoms with van der Waals surface area (Å²) in [6.45, 7) is 5.62. The normalized spacial score (nSPS) is 23.6. The summed E-state index contributed by atoms with van der Waals surface area (Å²) in [6.07, 6.45) is 6.48. The molecular formula is C17H27N3O3S2. The Bertz CT molecular complexity index is 742. The zero-order valence-corrected chi connectivity index (χ0v) is 16.4. The molecule has 0 spiro atoms. The van der Waals surface area contributed by atoms with E-state index in [4.69, 9.17) is 17.0 Å². The van der Waals surface area contributed by atoms with Crippen LogP contribution in [0.15, 0.2) is 23.2 Å². The molecule has 0 aromatic carbocycles. The van der Waals surface area contributed by atoms with Crippen LogP contribution in [0.25, 0.3) is 0 Å². The minimum absolute atomic E-state index is 0.313. The largest absolute Gasteiger partial charge is 0.379 e. The Balaban J connectivity index is 1.84. The quantitative estimate of drug-likeness (QED) is 0.729. The lowest BCUT2D eigenvalue weighted by atomic mass is 10.0. The fourth-order valence-corrected chi connectivity index (χ4v) is 5.22. The maximum absolute atomic E-state index is 12.9. The Morgan fingerprint density at radius 1 is 1.20 bits per heavy atom. The van der Waals surface area contributed by atoms with Crippen LogP contribution in [0.3, 0.4) is 0 Å². The fraction of sp³-hybridized carbons (Fsp3) is 0.706. The minimum Gasteiger partial charge on any atom is -0.379 e. The molecule has 0 amide bonds. The molecule has 0 unspecified atom stereocenters. The van der Waals surface area contributed by atoms with Gasteiger partial charge in [-0.05, 0) is 31.4 Å². The van der Waals surface area contributed by atoms with Gasteiger partial charge in [-0.15, -0.1) is 0 Å². The van der Waals surface area contributed by atoms with E-state index < -0.39 is 10.0 Å². The molecule has 25 heavy (non-hydrogen) atoms. The van der Waals surface area contributed by atoms with Gasteiger partial charge in [0.1, 0.15) is 4.64 Å². The molecule has 0 bridgehead atoms. The second kappa shape index (κ2) is 8.26.